The lowest BCUT2D eigenvalue weighted by Gasteiger charge is -2.37. The molecule has 1 N–H and O–H groups in total. The molecule has 2 heterocycles. The molecular weight excluding hydrogens is 428 g/mol. The molecule has 6 heteroatoms. The Morgan fingerprint density at radius 2 is 1.91 bits per heavy atom. The van der Waals surface area contributed by atoms with Gasteiger partial charge in [0.2, 0.25) is 5.91 Å². The summed E-state index contributed by atoms with van der Waals surface area (Å²) in [6.07, 6.45) is 12.7. The SMILES string of the molecule is CC(Cc1ccc(C=O)cc1)NC(=O)C1(c2cncc(OCC3CCCCC3)c2)CCOCC1. The van der Waals surface area contributed by atoms with E-state index in [0.717, 1.165) is 23.2 Å². The van der Waals surface area contributed by atoms with Gasteiger partial charge < -0.3 is 14.8 Å². The van der Waals surface area contributed by atoms with Crippen LogP contribution in [0.5, 0.6) is 5.75 Å². The molecule has 2 fully saturated rings. The van der Waals surface area contributed by atoms with E-state index in [9.17, 15) is 9.59 Å². The Hall–Kier alpha value is -2.73. The molecule has 2 aliphatic rings. The largest absolute Gasteiger partial charge is 0.492 e. The van der Waals surface area contributed by atoms with Crippen LogP contribution < -0.4 is 10.1 Å². The zero-order valence-corrected chi connectivity index (χ0v) is 20.1. The Morgan fingerprint density at radius 3 is 2.62 bits per heavy atom. The Labute approximate surface area is 202 Å². The molecule has 2 aromatic rings. The number of aromatic nitrogens is 1. The number of carbonyl (C=O) groups is 2. The minimum absolute atomic E-state index is 0.0130. The predicted molar refractivity (Wildman–Crippen MR) is 131 cm³/mol. The quantitative estimate of drug-likeness (QED) is 0.547. The maximum Gasteiger partial charge on any atom is 0.231 e. The maximum absolute atomic E-state index is 13.7. The maximum atomic E-state index is 13.7. The lowest BCUT2D eigenvalue weighted by Crippen LogP contribution is -2.50. The minimum atomic E-state index is -0.676. The highest BCUT2D eigenvalue weighted by Crippen LogP contribution is 2.36. The van der Waals surface area contributed by atoms with Crippen molar-refractivity contribution >= 4 is 12.2 Å². The normalized spacial score (nSPS) is 19.2. The zero-order chi connectivity index (χ0) is 23.8. The van der Waals surface area contributed by atoms with Crippen LogP contribution in [0.25, 0.3) is 0 Å². The number of carbonyl (C=O) groups excluding carboxylic acids is 2. The highest BCUT2D eigenvalue weighted by Gasteiger charge is 2.42. The Bertz CT molecular complexity index is 947. The van der Waals surface area contributed by atoms with Crippen molar-refractivity contribution in [2.24, 2.45) is 5.92 Å². The van der Waals surface area contributed by atoms with Gasteiger partial charge in [0.15, 0.2) is 0 Å². The summed E-state index contributed by atoms with van der Waals surface area (Å²) in [5, 5.41) is 3.24. The van der Waals surface area contributed by atoms with Crippen molar-refractivity contribution in [3.63, 3.8) is 0 Å². The Kier molecular flexibility index (Phi) is 8.33. The van der Waals surface area contributed by atoms with Crippen molar-refractivity contribution in [1.29, 1.82) is 0 Å². The number of ether oxygens (including phenoxy) is 2. The molecule has 1 atom stereocenters. The summed E-state index contributed by atoms with van der Waals surface area (Å²) in [7, 11) is 0. The highest BCUT2D eigenvalue weighted by molar-refractivity contribution is 5.88. The lowest BCUT2D eigenvalue weighted by molar-refractivity contribution is -0.131. The summed E-state index contributed by atoms with van der Waals surface area (Å²) in [5.41, 5.74) is 1.96. The zero-order valence-electron chi connectivity index (χ0n) is 20.1. The van der Waals surface area contributed by atoms with Crippen molar-refractivity contribution in [2.45, 2.75) is 69.7 Å². The second-order valence-corrected chi connectivity index (χ2v) is 9.86. The number of pyridine rings is 1. The molecule has 1 aromatic carbocycles. The van der Waals surface area contributed by atoms with Gasteiger partial charge in [-0.25, -0.2) is 0 Å². The summed E-state index contributed by atoms with van der Waals surface area (Å²) in [5.74, 6) is 1.36. The lowest BCUT2D eigenvalue weighted by atomic mass is 9.73. The van der Waals surface area contributed by atoms with Crippen LogP contribution in [0.3, 0.4) is 0 Å². The fourth-order valence-electron chi connectivity index (χ4n) is 5.19. The minimum Gasteiger partial charge on any atom is -0.492 e. The Morgan fingerprint density at radius 1 is 1.18 bits per heavy atom. The smallest absolute Gasteiger partial charge is 0.231 e. The standard InChI is InChI=1S/C28H36N2O4/c1-21(15-22-7-9-23(19-31)10-8-22)30-27(32)28(11-13-33-14-12-28)25-16-26(18-29-17-25)34-20-24-5-3-2-4-6-24/h7-10,16-19,21,24H,2-6,11-15,20H2,1H3,(H,30,32). The summed E-state index contributed by atoms with van der Waals surface area (Å²) in [6.45, 7) is 3.82. The summed E-state index contributed by atoms with van der Waals surface area (Å²) >= 11 is 0. The highest BCUT2D eigenvalue weighted by atomic mass is 16.5. The van der Waals surface area contributed by atoms with Crippen molar-refractivity contribution in [1.82, 2.24) is 10.3 Å². The molecule has 1 aliphatic heterocycles. The van der Waals surface area contributed by atoms with Crippen LogP contribution in [0.1, 0.15) is 73.4 Å². The van der Waals surface area contributed by atoms with Gasteiger partial charge in [-0.2, -0.15) is 0 Å². The van der Waals surface area contributed by atoms with Crippen LogP contribution in [0.15, 0.2) is 42.7 Å². The molecule has 0 spiro atoms. The van der Waals surface area contributed by atoms with E-state index in [1.807, 2.05) is 25.1 Å². The number of nitrogens with one attached hydrogen (secondary N) is 1. The number of rotatable bonds is 9. The van der Waals surface area contributed by atoms with Crippen LogP contribution in [0.2, 0.25) is 0 Å². The molecule has 1 saturated carbocycles. The van der Waals surface area contributed by atoms with E-state index < -0.39 is 5.41 Å². The monoisotopic (exact) mass is 464 g/mol. The topological polar surface area (TPSA) is 77.5 Å². The average molecular weight is 465 g/mol. The number of hydrogen-bond donors (Lipinski definition) is 1. The van der Waals surface area contributed by atoms with E-state index in [2.05, 4.69) is 10.3 Å². The van der Waals surface area contributed by atoms with Crippen LogP contribution in [0, 0.1) is 5.92 Å². The van der Waals surface area contributed by atoms with Gasteiger partial charge in [-0.1, -0.05) is 43.5 Å². The van der Waals surface area contributed by atoms with Crippen molar-refractivity contribution < 1.29 is 19.1 Å². The molecule has 182 valence electrons. The van der Waals surface area contributed by atoms with E-state index in [-0.39, 0.29) is 11.9 Å². The molecule has 1 unspecified atom stereocenters. The van der Waals surface area contributed by atoms with Crippen molar-refractivity contribution in [2.75, 3.05) is 19.8 Å². The van der Waals surface area contributed by atoms with Crippen molar-refractivity contribution in [3.8, 4) is 5.75 Å². The molecule has 34 heavy (non-hydrogen) atoms. The molecule has 4 rings (SSSR count). The third-order valence-electron chi connectivity index (χ3n) is 7.29. The molecule has 1 saturated heterocycles. The first-order valence-electron chi connectivity index (χ1n) is 12.6. The van der Waals surface area contributed by atoms with E-state index in [1.165, 1.54) is 32.1 Å². The van der Waals surface area contributed by atoms with Gasteiger partial charge in [-0.05, 0) is 62.1 Å². The van der Waals surface area contributed by atoms with E-state index in [1.54, 1.807) is 24.5 Å². The molecule has 1 aromatic heterocycles. The van der Waals surface area contributed by atoms with E-state index >= 15 is 0 Å². The van der Waals surface area contributed by atoms with Gasteiger partial charge in [-0.15, -0.1) is 0 Å². The Balaban J connectivity index is 1.45. The molecule has 0 bridgehead atoms. The van der Waals surface area contributed by atoms with Gasteiger partial charge in [0.05, 0.1) is 18.2 Å². The third-order valence-corrected chi connectivity index (χ3v) is 7.29. The van der Waals surface area contributed by atoms with Gasteiger partial charge in [-0.3, -0.25) is 14.6 Å². The molecule has 0 radical (unpaired) electrons. The van der Waals surface area contributed by atoms with E-state index in [4.69, 9.17) is 9.47 Å². The van der Waals surface area contributed by atoms with Crippen LogP contribution in [-0.4, -0.2) is 43.0 Å². The molecule has 6 nitrogen and oxygen atoms in total. The second kappa shape index (κ2) is 11.6. The van der Waals surface area contributed by atoms with Gasteiger partial charge in [0, 0.05) is 31.0 Å². The predicted octanol–water partition coefficient (Wildman–Crippen LogP) is 4.65. The first-order valence-corrected chi connectivity index (χ1v) is 12.6. The number of nitrogens with zero attached hydrogens (tertiary/aromatic N) is 1. The van der Waals surface area contributed by atoms with Gasteiger partial charge in [0.1, 0.15) is 12.0 Å². The van der Waals surface area contributed by atoms with Crippen LogP contribution >= 0.6 is 0 Å². The second-order valence-electron chi connectivity index (χ2n) is 9.86. The van der Waals surface area contributed by atoms with Crippen LogP contribution in [0.4, 0.5) is 0 Å². The number of benzene rings is 1. The number of hydrogen-bond acceptors (Lipinski definition) is 5. The first-order chi connectivity index (χ1) is 16.6. The summed E-state index contributed by atoms with van der Waals surface area (Å²) < 4.78 is 11.7. The fourth-order valence-corrected chi connectivity index (χ4v) is 5.19. The molecule has 1 aliphatic carbocycles. The van der Waals surface area contributed by atoms with Crippen LogP contribution in [-0.2, 0) is 21.4 Å². The van der Waals surface area contributed by atoms with E-state index in [0.29, 0.717) is 50.6 Å². The van der Waals surface area contributed by atoms with Gasteiger partial charge in [0.25, 0.3) is 0 Å². The first kappa shape index (κ1) is 24.4. The summed E-state index contributed by atoms with van der Waals surface area (Å²) in [6, 6.07) is 9.45. The summed E-state index contributed by atoms with van der Waals surface area (Å²) in [4.78, 5) is 29.0. The molecular formula is C28H36N2O4. The van der Waals surface area contributed by atoms with Gasteiger partial charge >= 0.3 is 0 Å². The average Bonchev–Trinajstić information content (AvgIpc) is 2.89. The van der Waals surface area contributed by atoms with Crippen molar-refractivity contribution in [3.05, 3.63) is 59.4 Å². The fraction of sp³-hybridized carbons (Fsp3) is 0.536. The number of amides is 1. The molecule has 1 amide bonds. The number of aldehydes is 1. The third kappa shape index (κ3) is 6.03.